The van der Waals surface area contributed by atoms with E-state index in [0.29, 0.717) is 42.0 Å². The van der Waals surface area contributed by atoms with Crippen molar-refractivity contribution in [2.75, 3.05) is 30.8 Å². The molecule has 0 aliphatic heterocycles. The number of nitrogens with one attached hydrogen (secondary N) is 3. The molecule has 9 nitrogen and oxygen atoms in total. The third-order valence-electron chi connectivity index (χ3n) is 3.76. The molecule has 1 amide bonds. The number of hydrogen-bond donors (Lipinski definition) is 3. The van der Waals surface area contributed by atoms with Crippen LogP contribution in [-0.2, 0) is 0 Å². The number of aromatic nitrogens is 4. The molecule has 0 radical (unpaired) electrons. The van der Waals surface area contributed by atoms with Crippen LogP contribution in [0.2, 0.25) is 0 Å². The van der Waals surface area contributed by atoms with Crippen LogP contribution in [0, 0.1) is 6.92 Å². The third kappa shape index (κ3) is 5.37. The van der Waals surface area contributed by atoms with Crippen LogP contribution in [0.25, 0.3) is 0 Å². The normalized spacial score (nSPS) is 10.2. The molecule has 0 bridgehead atoms. The second kappa shape index (κ2) is 9.26. The van der Waals surface area contributed by atoms with Gasteiger partial charge in [-0.15, -0.1) is 0 Å². The summed E-state index contributed by atoms with van der Waals surface area (Å²) in [7, 11) is 1.51. The van der Waals surface area contributed by atoms with Gasteiger partial charge in [-0.05, 0) is 30.7 Å². The van der Waals surface area contributed by atoms with E-state index in [1.165, 1.54) is 19.6 Å². The van der Waals surface area contributed by atoms with E-state index in [0.717, 1.165) is 5.56 Å². The standard InChI is InChI=1S/C19H21N7O2/c1-13-3-5-20-16(9-13)26-17-11-15(24-12-25-17)21-7-8-23-19(27)14-4-6-22-18(10-14)28-2/h3-6,9-12H,7-8H2,1-2H3,(H,23,27)(H2,20,21,24,25,26). The van der Waals surface area contributed by atoms with Gasteiger partial charge in [-0.2, -0.15) is 0 Å². The molecule has 0 unspecified atom stereocenters. The molecule has 0 atom stereocenters. The average Bonchev–Trinajstić information content (AvgIpc) is 2.71. The molecule has 3 rings (SSSR count). The third-order valence-corrected chi connectivity index (χ3v) is 3.76. The number of anilines is 3. The van der Waals surface area contributed by atoms with Crippen molar-refractivity contribution >= 4 is 23.4 Å². The van der Waals surface area contributed by atoms with Gasteiger partial charge in [0.2, 0.25) is 5.88 Å². The Morgan fingerprint density at radius 3 is 2.57 bits per heavy atom. The minimum Gasteiger partial charge on any atom is -0.481 e. The van der Waals surface area contributed by atoms with E-state index >= 15 is 0 Å². The van der Waals surface area contributed by atoms with Crippen LogP contribution in [0.15, 0.2) is 49.1 Å². The molecule has 0 aliphatic carbocycles. The van der Waals surface area contributed by atoms with Gasteiger partial charge in [0.1, 0.15) is 23.8 Å². The van der Waals surface area contributed by atoms with Crippen LogP contribution in [-0.4, -0.2) is 46.0 Å². The predicted octanol–water partition coefficient (Wildman–Crippen LogP) is 2.17. The van der Waals surface area contributed by atoms with Crippen LogP contribution in [0.4, 0.5) is 17.5 Å². The maximum absolute atomic E-state index is 12.1. The maximum atomic E-state index is 12.1. The maximum Gasteiger partial charge on any atom is 0.251 e. The van der Waals surface area contributed by atoms with Crippen molar-refractivity contribution in [2.45, 2.75) is 6.92 Å². The van der Waals surface area contributed by atoms with Crippen LogP contribution in [0.1, 0.15) is 15.9 Å². The fourth-order valence-corrected chi connectivity index (χ4v) is 2.39. The minimum atomic E-state index is -0.196. The van der Waals surface area contributed by atoms with Crippen molar-refractivity contribution in [1.29, 1.82) is 0 Å². The van der Waals surface area contributed by atoms with Crippen LogP contribution < -0.4 is 20.7 Å². The molecule has 3 aromatic rings. The van der Waals surface area contributed by atoms with Crippen molar-refractivity contribution in [3.8, 4) is 5.88 Å². The van der Waals surface area contributed by atoms with E-state index in [9.17, 15) is 4.79 Å². The summed E-state index contributed by atoms with van der Waals surface area (Å²) >= 11 is 0. The molecular weight excluding hydrogens is 358 g/mol. The number of rotatable bonds is 8. The number of nitrogens with zero attached hydrogens (tertiary/aromatic N) is 4. The number of ether oxygens (including phenoxy) is 1. The highest BCUT2D eigenvalue weighted by atomic mass is 16.5. The predicted molar refractivity (Wildman–Crippen MR) is 106 cm³/mol. The van der Waals surface area contributed by atoms with Crippen molar-refractivity contribution in [3.63, 3.8) is 0 Å². The first-order valence-corrected chi connectivity index (χ1v) is 8.68. The van der Waals surface area contributed by atoms with E-state index in [-0.39, 0.29) is 5.91 Å². The van der Waals surface area contributed by atoms with Gasteiger partial charge in [-0.3, -0.25) is 4.79 Å². The van der Waals surface area contributed by atoms with Crippen molar-refractivity contribution in [2.24, 2.45) is 0 Å². The van der Waals surface area contributed by atoms with Crippen LogP contribution in [0.3, 0.4) is 0 Å². The van der Waals surface area contributed by atoms with Gasteiger partial charge < -0.3 is 20.7 Å². The molecule has 3 N–H and O–H groups in total. The highest BCUT2D eigenvalue weighted by molar-refractivity contribution is 5.94. The highest BCUT2D eigenvalue weighted by Gasteiger charge is 2.06. The number of carbonyl (C=O) groups excluding carboxylic acids is 1. The van der Waals surface area contributed by atoms with Gasteiger partial charge in [0, 0.05) is 43.2 Å². The van der Waals surface area contributed by atoms with Gasteiger partial charge in [0.05, 0.1) is 7.11 Å². The monoisotopic (exact) mass is 379 g/mol. The molecule has 9 heteroatoms. The molecule has 0 aromatic carbocycles. The largest absolute Gasteiger partial charge is 0.481 e. The lowest BCUT2D eigenvalue weighted by molar-refractivity contribution is 0.0954. The summed E-state index contributed by atoms with van der Waals surface area (Å²) in [6.45, 7) is 2.93. The summed E-state index contributed by atoms with van der Waals surface area (Å²) in [5, 5.41) is 9.11. The van der Waals surface area contributed by atoms with Gasteiger partial charge >= 0.3 is 0 Å². The minimum absolute atomic E-state index is 0.196. The van der Waals surface area contributed by atoms with E-state index in [4.69, 9.17) is 4.74 Å². The van der Waals surface area contributed by atoms with Crippen molar-refractivity contribution < 1.29 is 9.53 Å². The Morgan fingerprint density at radius 2 is 1.75 bits per heavy atom. The molecule has 3 heterocycles. The van der Waals surface area contributed by atoms with E-state index in [1.54, 1.807) is 24.4 Å². The molecule has 0 fully saturated rings. The van der Waals surface area contributed by atoms with Crippen molar-refractivity contribution in [3.05, 3.63) is 60.2 Å². The number of aryl methyl sites for hydroxylation is 1. The second-order valence-electron chi connectivity index (χ2n) is 5.90. The van der Waals surface area contributed by atoms with Gasteiger partial charge in [-0.1, -0.05) is 0 Å². The van der Waals surface area contributed by atoms with Crippen LogP contribution in [0.5, 0.6) is 5.88 Å². The van der Waals surface area contributed by atoms with Crippen LogP contribution >= 0.6 is 0 Å². The molecule has 0 saturated heterocycles. The molecule has 0 saturated carbocycles. The zero-order chi connectivity index (χ0) is 19.8. The first-order chi connectivity index (χ1) is 13.6. The summed E-state index contributed by atoms with van der Waals surface area (Å²) in [5.41, 5.74) is 1.60. The Labute approximate surface area is 162 Å². The summed E-state index contributed by atoms with van der Waals surface area (Å²) < 4.78 is 5.02. The molecule has 0 aliphatic rings. The first-order valence-electron chi connectivity index (χ1n) is 8.68. The lowest BCUT2D eigenvalue weighted by atomic mass is 10.2. The second-order valence-corrected chi connectivity index (χ2v) is 5.90. The number of methoxy groups -OCH3 is 1. The SMILES string of the molecule is COc1cc(C(=O)NCCNc2cc(Nc3cc(C)ccn3)ncn2)ccn1. The van der Waals surface area contributed by atoms with Crippen molar-refractivity contribution in [1.82, 2.24) is 25.3 Å². The summed E-state index contributed by atoms with van der Waals surface area (Å²) in [4.78, 5) is 28.7. The number of hydrogen-bond acceptors (Lipinski definition) is 8. The fourth-order valence-electron chi connectivity index (χ4n) is 2.39. The van der Waals surface area contributed by atoms with Gasteiger partial charge in [0.25, 0.3) is 5.91 Å². The molecular formula is C19H21N7O2. The molecule has 3 aromatic heterocycles. The van der Waals surface area contributed by atoms with E-state index in [2.05, 4.69) is 35.9 Å². The highest BCUT2D eigenvalue weighted by Crippen LogP contribution is 2.15. The topological polar surface area (TPSA) is 114 Å². The Bertz CT molecular complexity index is 949. The van der Waals surface area contributed by atoms with E-state index < -0.39 is 0 Å². The number of amides is 1. The number of carbonyl (C=O) groups is 1. The van der Waals surface area contributed by atoms with Gasteiger partial charge in [0.15, 0.2) is 0 Å². The lowest BCUT2D eigenvalue weighted by Gasteiger charge is -2.09. The summed E-state index contributed by atoms with van der Waals surface area (Å²) in [6.07, 6.45) is 4.73. The van der Waals surface area contributed by atoms with E-state index in [1.807, 2.05) is 19.1 Å². The van der Waals surface area contributed by atoms with Gasteiger partial charge in [-0.25, -0.2) is 19.9 Å². The number of pyridine rings is 2. The Hall–Kier alpha value is -3.75. The smallest absolute Gasteiger partial charge is 0.251 e. The molecule has 28 heavy (non-hydrogen) atoms. The zero-order valence-corrected chi connectivity index (χ0v) is 15.6. The Kier molecular flexibility index (Phi) is 6.29. The quantitative estimate of drug-likeness (QED) is 0.510. The first kappa shape index (κ1) is 19.0. The Balaban J connectivity index is 1.49. The Morgan fingerprint density at radius 1 is 0.964 bits per heavy atom. The summed E-state index contributed by atoms with van der Waals surface area (Å²) in [6, 6.07) is 8.85. The zero-order valence-electron chi connectivity index (χ0n) is 15.6. The fraction of sp³-hybridized carbons (Fsp3) is 0.211. The molecule has 0 spiro atoms. The summed E-state index contributed by atoms with van der Waals surface area (Å²) in [5.74, 6) is 2.19. The lowest BCUT2D eigenvalue weighted by Crippen LogP contribution is -2.29. The molecule has 144 valence electrons. The average molecular weight is 379 g/mol.